The molecule has 0 radical (unpaired) electrons. The van der Waals surface area contributed by atoms with Crippen molar-refractivity contribution in [2.45, 2.75) is 13.3 Å². The Balaban J connectivity index is 1.76. The third kappa shape index (κ3) is 5.94. The fraction of sp³-hybridized carbons (Fsp3) is 0.217. The van der Waals surface area contributed by atoms with Crippen LogP contribution in [-0.4, -0.2) is 41.6 Å². The van der Waals surface area contributed by atoms with Crippen LogP contribution in [0.1, 0.15) is 13.3 Å². The second kappa shape index (κ2) is 10.8. The van der Waals surface area contributed by atoms with Gasteiger partial charge in [0.2, 0.25) is 11.9 Å². The van der Waals surface area contributed by atoms with Crippen molar-refractivity contribution in [3.8, 4) is 17.4 Å². The zero-order valence-electron chi connectivity index (χ0n) is 18.3. The molecule has 0 aliphatic carbocycles. The number of ether oxygens (including phenoxy) is 2. The van der Waals surface area contributed by atoms with Gasteiger partial charge >= 0.3 is 0 Å². The normalized spacial score (nSPS) is 10.2. The summed E-state index contributed by atoms with van der Waals surface area (Å²) in [5.74, 6) is 1.97. The monoisotopic (exact) mass is 434 g/mol. The van der Waals surface area contributed by atoms with E-state index in [2.05, 4.69) is 44.0 Å². The highest BCUT2D eigenvalue weighted by atomic mass is 16.5. The summed E-state index contributed by atoms with van der Waals surface area (Å²) >= 11 is 0. The molecule has 32 heavy (non-hydrogen) atoms. The first-order valence-electron chi connectivity index (χ1n) is 10.1. The first-order chi connectivity index (χ1) is 15.5. The number of benzene rings is 1. The van der Waals surface area contributed by atoms with Crippen molar-refractivity contribution in [3.63, 3.8) is 0 Å². The Morgan fingerprint density at radius 3 is 2.72 bits per heavy atom. The van der Waals surface area contributed by atoms with E-state index >= 15 is 0 Å². The average molecular weight is 435 g/mol. The maximum Gasteiger partial charge on any atom is 0.267 e. The van der Waals surface area contributed by atoms with Crippen molar-refractivity contribution in [3.05, 3.63) is 61.4 Å². The number of carbonyl (C=O) groups is 1. The van der Waals surface area contributed by atoms with Gasteiger partial charge in [-0.1, -0.05) is 19.6 Å². The van der Waals surface area contributed by atoms with Gasteiger partial charge in [-0.25, -0.2) is 9.97 Å². The van der Waals surface area contributed by atoms with E-state index in [4.69, 9.17) is 9.47 Å². The highest BCUT2D eigenvalue weighted by Gasteiger charge is 2.12. The van der Waals surface area contributed by atoms with Gasteiger partial charge < -0.3 is 25.0 Å². The highest BCUT2D eigenvalue weighted by Crippen LogP contribution is 2.31. The van der Waals surface area contributed by atoms with Crippen LogP contribution in [0.4, 0.5) is 23.1 Å². The Hall–Kier alpha value is -4.14. The molecule has 0 bridgehead atoms. The SMILES string of the molecule is C=CC(=O)Nc1cccc(Oc2nc(Nc3ccc(N(C)CCC)nc3)ncc2OC)c1. The molecular weight excluding hydrogens is 408 g/mol. The quantitative estimate of drug-likeness (QED) is 0.453. The van der Waals surface area contributed by atoms with Crippen LogP contribution in [-0.2, 0) is 4.79 Å². The molecule has 0 unspecified atom stereocenters. The van der Waals surface area contributed by atoms with Gasteiger partial charge in [-0.15, -0.1) is 0 Å². The number of amides is 1. The standard InChI is InChI=1S/C23H26N6O3/c1-5-12-29(3)20-11-10-17(14-24-20)27-23-25-15-19(31-4)22(28-23)32-18-9-7-8-16(13-18)26-21(30)6-2/h6-11,13-15H,2,5,12H2,1,3-4H3,(H,26,30)(H,25,27,28). The molecule has 3 aromatic rings. The molecule has 1 aromatic carbocycles. The summed E-state index contributed by atoms with van der Waals surface area (Å²) in [6.07, 6.45) is 5.48. The van der Waals surface area contributed by atoms with E-state index < -0.39 is 0 Å². The van der Waals surface area contributed by atoms with Crippen LogP contribution >= 0.6 is 0 Å². The Morgan fingerprint density at radius 1 is 1.19 bits per heavy atom. The first-order valence-corrected chi connectivity index (χ1v) is 10.1. The number of carbonyl (C=O) groups excluding carboxylic acids is 1. The van der Waals surface area contributed by atoms with E-state index in [0.717, 1.165) is 24.5 Å². The number of hydrogen-bond acceptors (Lipinski definition) is 8. The Labute approximate surface area is 187 Å². The van der Waals surface area contributed by atoms with Crippen LogP contribution in [0.25, 0.3) is 0 Å². The Bertz CT molecular complexity index is 1070. The van der Waals surface area contributed by atoms with Crippen LogP contribution < -0.4 is 25.0 Å². The fourth-order valence-corrected chi connectivity index (χ4v) is 2.84. The zero-order valence-corrected chi connectivity index (χ0v) is 18.3. The van der Waals surface area contributed by atoms with Crippen LogP contribution in [0.3, 0.4) is 0 Å². The second-order valence-corrected chi connectivity index (χ2v) is 6.84. The molecule has 166 valence electrons. The van der Waals surface area contributed by atoms with Crippen molar-refractivity contribution in [1.82, 2.24) is 15.0 Å². The van der Waals surface area contributed by atoms with Gasteiger partial charge in [0.15, 0.2) is 5.75 Å². The second-order valence-electron chi connectivity index (χ2n) is 6.84. The van der Waals surface area contributed by atoms with Crippen LogP contribution in [0.2, 0.25) is 0 Å². The summed E-state index contributed by atoms with van der Waals surface area (Å²) in [4.78, 5) is 26.8. The molecular formula is C23H26N6O3. The third-order valence-corrected chi connectivity index (χ3v) is 4.40. The number of anilines is 4. The van der Waals surface area contributed by atoms with Crippen molar-refractivity contribution in [2.75, 3.05) is 36.2 Å². The van der Waals surface area contributed by atoms with Gasteiger partial charge in [-0.3, -0.25) is 4.79 Å². The third-order valence-electron chi connectivity index (χ3n) is 4.40. The number of pyridine rings is 1. The molecule has 0 fully saturated rings. The van der Waals surface area contributed by atoms with Crippen molar-refractivity contribution in [1.29, 1.82) is 0 Å². The number of aromatic nitrogens is 3. The highest BCUT2D eigenvalue weighted by molar-refractivity contribution is 5.98. The summed E-state index contributed by atoms with van der Waals surface area (Å²) in [7, 11) is 3.52. The molecule has 0 atom stereocenters. The van der Waals surface area contributed by atoms with Gasteiger partial charge in [0, 0.05) is 25.3 Å². The molecule has 0 aliphatic heterocycles. The van der Waals surface area contributed by atoms with Gasteiger partial charge in [0.05, 0.1) is 25.2 Å². The number of nitrogens with one attached hydrogen (secondary N) is 2. The largest absolute Gasteiger partial charge is 0.490 e. The Morgan fingerprint density at radius 2 is 2.03 bits per heavy atom. The first kappa shape index (κ1) is 22.5. The van der Waals surface area contributed by atoms with Crippen LogP contribution in [0.15, 0.2) is 61.4 Å². The molecule has 1 amide bonds. The predicted octanol–water partition coefficient (Wildman–Crippen LogP) is 4.39. The van der Waals surface area contributed by atoms with E-state index in [-0.39, 0.29) is 11.8 Å². The van der Waals surface area contributed by atoms with Crippen LogP contribution in [0.5, 0.6) is 17.4 Å². The van der Waals surface area contributed by atoms with Gasteiger partial charge in [0.25, 0.3) is 5.88 Å². The molecule has 0 aliphatic rings. The van der Waals surface area contributed by atoms with Crippen LogP contribution in [0, 0.1) is 0 Å². The minimum Gasteiger partial charge on any atom is -0.490 e. The van der Waals surface area contributed by atoms with E-state index in [1.807, 2.05) is 19.2 Å². The van der Waals surface area contributed by atoms with Crippen molar-refractivity contribution >= 4 is 29.0 Å². The van der Waals surface area contributed by atoms with Gasteiger partial charge in [-0.2, -0.15) is 4.98 Å². The fourth-order valence-electron chi connectivity index (χ4n) is 2.84. The molecule has 2 heterocycles. The number of hydrogen-bond donors (Lipinski definition) is 2. The van der Waals surface area contributed by atoms with E-state index in [1.165, 1.54) is 19.4 Å². The van der Waals surface area contributed by atoms with E-state index in [1.54, 1.807) is 30.5 Å². The smallest absolute Gasteiger partial charge is 0.267 e. The summed E-state index contributed by atoms with van der Waals surface area (Å²) in [5.41, 5.74) is 1.31. The van der Waals surface area contributed by atoms with Crippen molar-refractivity contribution in [2.24, 2.45) is 0 Å². The van der Waals surface area contributed by atoms with Gasteiger partial charge in [0.1, 0.15) is 11.6 Å². The topological polar surface area (TPSA) is 102 Å². The van der Waals surface area contributed by atoms with Gasteiger partial charge in [-0.05, 0) is 36.8 Å². The molecule has 3 rings (SSSR count). The molecule has 2 aromatic heterocycles. The molecule has 0 saturated carbocycles. The summed E-state index contributed by atoms with van der Waals surface area (Å²) in [6.45, 7) is 6.50. The zero-order chi connectivity index (χ0) is 22.9. The number of methoxy groups -OCH3 is 1. The minimum absolute atomic E-state index is 0.226. The average Bonchev–Trinajstić information content (AvgIpc) is 2.80. The lowest BCUT2D eigenvalue weighted by molar-refractivity contribution is -0.111. The molecule has 0 spiro atoms. The van der Waals surface area contributed by atoms with E-state index in [0.29, 0.717) is 23.1 Å². The number of nitrogens with zero attached hydrogens (tertiary/aromatic N) is 4. The summed E-state index contributed by atoms with van der Waals surface area (Å²) < 4.78 is 11.2. The lowest BCUT2D eigenvalue weighted by atomic mass is 10.3. The molecule has 2 N–H and O–H groups in total. The lowest BCUT2D eigenvalue weighted by Gasteiger charge is -2.17. The van der Waals surface area contributed by atoms with Crippen molar-refractivity contribution < 1.29 is 14.3 Å². The van der Waals surface area contributed by atoms with E-state index in [9.17, 15) is 4.79 Å². The molecule has 0 saturated heterocycles. The summed E-state index contributed by atoms with van der Waals surface area (Å²) in [6, 6.07) is 10.8. The molecule has 9 nitrogen and oxygen atoms in total. The lowest BCUT2D eigenvalue weighted by Crippen LogP contribution is -2.18. The predicted molar refractivity (Wildman–Crippen MR) is 125 cm³/mol. The molecule has 9 heteroatoms. The number of rotatable bonds is 10. The Kier molecular flexibility index (Phi) is 7.58. The maximum atomic E-state index is 11.5. The minimum atomic E-state index is -0.311. The maximum absolute atomic E-state index is 11.5. The summed E-state index contributed by atoms with van der Waals surface area (Å²) in [5, 5.41) is 5.80.